The molecule has 1 aliphatic carbocycles. The Hall–Kier alpha value is -2.47. The third-order valence-corrected chi connectivity index (χ3v) is 8.71. The van der Waals surface area contributed by atoms with Crippen LogP contribution < -0.4 is 10.7 Å². The molecule has 3 aliphatic rings. The number of halogens is 1. The Morgan fingerprint density at radius 1 is 1.18 bits per heavy atom. The first kappa shape index (κ1) is 27.1. The van der Waals surface area contributed by atoms with Gasteiger partial charge in [0, 0.05) is 29.2 Å². The van der Waals surface area contributed by atoms with Gasteiger partial charge in [0.25, 0.3) is 0 Å². The van der Waals surface area contributed by atoms with Crippen LogP contribution in [0.4, 0.5) is 11.4 Å². The highest BCUT2D eigenvalue weighted by Crippen LogP contribution is 2.46. The molecule has 0 bridgehead atoms. The number of allylic oxidation sites excluding steroid dienone is 1. The van der Waals surface area contributed by atoms with Crippen LogP contribution in [-0.2, 0) is 22.8 Å². The van der Waals surface area contributed by atoms with Gasteiger partial charge < -0.3 is 25.2 Å². The quantitative estimate of drug-likeness (QED) is 0.307. The molecule has 38 heavy (non-hydrogen) atoms. The largest absolute Gasteiger partial charge is 0.490 e. The Balaban J connectivity index is 1.24. The van der Waals surface area contributed by atoms with E-state index in [0.29, 0.717) is 55.8 Å². The molecule has 9 nitrogen and oxygen atoms in total. The Morgan fingerprint density at radius 2 is 1.95 bits per heavy atom. The summed E-state index contributed by atoms with van der Waals surface area (Å²) in [5.41, 5.74) is 10.4. The van der Waals surface area contributed by atoms with Gasteiger partial charge in [-0.2, -0.15) is 9.65 Å². The molecule has 1 saturated heterocycles. The van der Waals surface area contributed by atoms with Gasteiger partial charge in [-0.3, -0.25) is 0 Å². The summed E-state index contributed by atoms with van der Waals surface area (Å²) in [4.78, 5) is 2.15. The summed E-state index contributed by atoms with van der Waals surface area (Å²) in [5.74, 6) is 0.492. The third kappa shape index (κ3) is 6.22. The van der Waals surface area contributed by atoms with Gasteiger partial charge in [-0.25, -0.2) is 5.01 Å². The van der Waals surface area contributed by atoms with Crippen molar-refractivity contribution < 1.29 is 14.4 Å². The van der Waals surface area contributed by atoms with E-state index >= 15 is 0 Å². The number of aryl methyl sites for hydroxylation is 1. The zero-order chi connectivity index (χ0) is 26.9. The van der Waals surface area contributed by atoms with Crippen LogP contribution in [0, 0.1) is 12.3 Å². The molecule has 0 spiro atoms. The van der Waals surface area contributed by atoms with Crippen LogP contribution in [0.25, 0.3) is 4.72 Å². The van der Waals surface area contributed by atoms with Crippen molar-refractivity contribution in [3.63, 3.8) is 0 Å². The summed E-state index contributed by atoms with van der Waals surface area (Å²) in [6.45, 7) is 7.65. The number of nitrogens with two attached hydrogens (primary N) is 1. The molecular weight excluding hydrogens is 524 g/mol. The Kier molecular flexibility index (Phi) is 8.08. The highest BCUT2D eigenvalue weighted by Gasteiger charge is 2.40. The lowest BCUT2D eigenvalue weighted by Crippen LogP contribution is -2.50. The summed E-state index contributed by atoms with van der Waals surface area (Å²) < 4.78 is 23.5. The van der Waals surface area contributed by atoms with E-state index < -0.39 is 17.8 Å². The lowest BCUT2D eigenvalue weighted by Gasteiger charge is -2.39. The second-order valence-corrected chi connectivity index (χ2v) is 12.1. The topological polar surface area (TPSA) is 112 Å². The molecule has 2 unspecified atom stereocenters. The molecule has 204 valence electrons. The molecule has 2 atom stereocenters. The van der Waals surface area contributed by atoms with E-state index in [0.717, 1.165) is 35.4 Å². The highest BCUT2D eigenvalue weighted by atomic mass is 35.5. The third-order valence-electron chi connectivity index (χ3n) is 7.29. The summed E-state index contributed by atoms with van der Waals surface area (Å²) in [5, 5.41) is 18.0. The summed E-state index contributed by atoms with van der Waals surface area (Å²) >= 11 is 4.98. The normalized spacial score (nSPS) is 22.1. The van der Waals surface area contributed by atoms with Crippen molar-refractivity contribution in [2.24, 2.45) is 10.5 Å². The van der Waals surface area contributed by atoms with Crippen molar-refractivity contribution in [1.29, 1.82) is 0 Å². The maximum atomic E-state index is 11.3. The number of aliphatic hydroxyl groups is 1. The van der Waals surface area contributed by atoms with Crippen molar-refractivity contribution in [3.05, 3.63) is 74.8 Å². The number of hydrogen-bond acceptors (Lipinski definition) is 8. The standard InChI is InChI=1S/C27H35ClN6O3S/c1-19-6-7-20(14-23(19)29)16-31-38(36)33-12-10-32(11-13-33)24-17-30-34(22-5-3-4-21(28)15-22)26(35)25(24)37-18-27(2)8-9-27/h3-7,14-15,17,26,35H,8-13,16,18,29H2,1-2H3,(H,31,36). The smallest absolute Gasteiger partial charge is 0.208 e. The molecule has 2 aliphatic heterocycles. The molecule has 0 radical (unpaired) electrons. The van der Waals surface area contributed by atoms with Gasteiger partial charge in [0.15, 0.2) is 17.3 Å². The van der Waals surface area contributed by atoms with Crippen molar-refractivity contribution in [2.75, 3.05) is 43.5 Å². The first-order valence-corrected chi connectivity index (χ1v) is 14.3. The maximum absolute atomic E-state index is 11.3. The van der Waals surface area contributed by atoms with Gasteiger partial charge in [-0.1, -0.05) is 48.8 Å². The molecule has 4 N–H and O–H groups in total. The van der Waals surface area contributed by atoms with Crippen LogP contribution in [0.3, 0.4) is 0 Å². The van der Waals surface area contributed by atoms with Gasteiger partial charge in [0.2, 0.25) is 6.23 Å². The second-order valence-electron chi connectivity index (χ2n) is 10.4. The van der Waals surface area contributed by atoms with Crippen LogP contribution in [0.15, 0.2) is 59.0 Å². The van der Waals surface area contributed by atoms with E-state index in [2.05, 4.69) is 21.6 Å². The summed E-state index contributed by atoms with van der Waals surface area (Å²) in [6.07, 6.45) is 2.92. The van der Waals surface area contributed by atoms with E-state index in [1.54, 1.807) is 18.3 Å². The molecule has 11 heteroatoms. The number of aliphatic hydroxyl groups excluding tert-OH is 1. The van der Waals surface area contributed by atoms with Gasteiger partial charge in [0.1, 0.15) is 5.70 Å². The van der Waals surface area contributed by atoms with Crippen LogP contribution >= 0.6 is 11.6 Å². The molecule has 0 amide bonds. The first-order chi connectivity index (χ1) is 18.2. The van der Waals surface area contributed by atoms with Crippen LogP contribution in [0.1, 0.15) is 30.9 Å². The number of benzene rings is 2. The number of rotatable bonds is 9. The van der Waals surface area contributed by atoms with Gasteiger partial charge in [-0.15, -0.1) is 4.31 Å². The van der Waals surface area contributed by atoms with E-state index in [-0.39, 0.29) is 5.41 Å². The van der Waals surface area contributed by atoms with Crippen LogP contribution in [0.5, 0.6) is 0 Å². The van der Waals surface area contributed by atoms with Crippen molar-refractivity contribution in [2.45, 2.75) is 39.5 Å². The first-order valence-electron chi connectivity index (χ1n) is 12.8. The molecule has 5 rings (SSSR count). The van der Waals surface area contributed by atoms with E-state index in [1.807, 2.05) is 41.6 Å². The maximum Gasteiger partial charge on any atom is 0.208 e. The second kappa shape index (κ2) is 11.3. The number of anilines is 2. The SMILES string of the molecule is Cc1ccc(C[N-][S+](O)N2CCN(C3=C(OCC4(C)CC4)C(O)N(c4cccc(Cl)c4)N=C3)CC2)cc1N. The van der Waals surface area contributed by atoms with Crippen LogP contribution in [-0.4, -0.2) is 64.1 Å². The van der Waals surface area contributed by atoms with Crippen LogP contribution in [0.2, 0.25) is 5.02 Å². The van der Waals surface area contributed by atoms with E-state index in [9.17, 15) is 9.66 Å². The number of ether oxygens (including phenoxy) is 1. The van der Waals surface area contributed by atoms with Crippen molar-refractivity contribution in [3.8, 4) is 0 Å². The fraction of sp³-hybridized carbons (Fsp3) is 0.444. The number of piperazine rings is 1. The predicted octanol–water partition coefficient (Wildman–Crippen LogP) is 4.50. The molecule has 1 saturated carbocycles. The fourth-order valence-corrected chi connectivity index (χ4v) is 5.51. The monoisotopic (exact) mass is 558 g/mol. The van der Waals surface area contributed by atoms with E-state index in [4.69, 9.17) is 22.1 Å². The van der Waals surface area contributed by atoms with Crippen molar-refractivity contribution >= 4 is 40.7 Å². The average molecular weight is 559 g/mol. The minimum atomic E-state index is -1.20. The molecule has 0 aromatic heterocycles. The number of nitrogen functional groups attached to an aromatic ring is 1. The van der Waals surface area contributed by atoms with E-state index in [1.165, 1.54) is 5.01 Å². The van der Waals surface area contributed by atoms with Gasteiger partial charge in [0.05, 0.1) is 31.6 Å². The molecule has 2 heterocycles. The zero-order valence-corrected chi connectivity index (χ0v) is 23.3. The van der Waals surface area contributed by atoms with Gasteiger partial charge in [-0.05, 0) is 49.6 Å². The average Bonchev–Trinajstić information content (AvgIpc) is 3.65. The summed E-state index contributed by atoms with van der Waals surface area (Å²) in [6, 6.07) is 13.1. The predicted molar refractivity (Wildman–Crippen MR) is 155 cm³/mol. The highest BCUT2D eigenvalue weighted by molar-refractivity contribution is 7.91. The van der Waals surface area contributed by atoms with Gasteiger partial charge >= 0.3 is 0 Å². The number of hydrazone groups is 1. The number of nitrogens with zero attached hydrogens (tertiary/aromatic N) is 5. The lowest BCUT2D eigenvalue weighted by molar-refractivity contribution is 0.0687. The Bertz CT molecular complexity index is 1220. The minimum Gasteiger partial charge on any atom is -0.490 e. The Morgan fingerprint density at radius 3 is 2.63 bits per heavy atom. The minimum absolute atomic E-state index is 0.154. The van der Waals surface area contributed by atoms with Crippen molar-refractivity contribution in [1.82, 2.24) is 9.21 Å². The molecular formula is C27H35ClN6O3S. The molecule has 2 aromatic rings. The zero-order valence-electron chi connectivity index (χ0n) is 21.8. The lowest BCUT2D eigenvalue weighted by atomic mass is 10.1. The molecule has 2 fully saturated rings. The molecule has 2 aromatic carbocycles. The summed E-state index contributed by atoms with van der Waals surface area (Å²) in [7, 11) is 0. The number of hydrogen-bond donors (Lipinski definition) is 3. The fourth-order valence-electron chi connectivity index (χ4n) is 4.40. The Labute approximate surface area is 232 Å².